The largest absolute Gasteiger partial charge is 0.474 e. The van der Waals surface area contributed by atoms with Crippen molar-refractivity contribution >= 4 is 0 Å². The lowest BCUT2D eigenvalue weighted by Gasteiger charge is -2.18. The summed E-state index contributed by atoms with van der Waals surface area (Å²) >= 11 is 0. The summed E-state index contributed by atoms with van der Waals surface area (Å²) in [5, 5.41) is 3.10. The third kappa shape index (κ3) is 2.65. The standard InChI is InChI=1S/C14H19NO2/c1-3-9-15-14-12(10-16-2)11-7-5-4-6-8-13(11)17-14/h5,7-8,11-12,14-15H,4,6,10H2,1-2H3. The Hall–Kier alpha value is -1.40. The van der Waals surface area contributed by atoms with Crippen LogP contribution in [0.1, 0.15) is 19.8 Å². The Balaban J connectivity index is 2.15. The van der Waals surface area contributed by atoms with Crippen LogP contribution in [0, 0.1) is 23.8 Å². The third-order valence-corrected chi connectivity index (χ3v) is 3.16. The summed E-state index contributed by atoms with van der Waals surface area (Å²) < 4.78 is 11.2. The van der Waals surface area contributed by atoms with Gasteiger partial charge in [-0.1, -0.05) is 18.1 Å². The highest BCUT2D eigenvalue weighted by Crippen LogP contribution is 2.37. The molecule has 0 amide bonds. The number of hydrogen-bond acceptors (Lipinski definition) is 3. The van der Waals surface area contributed by atoms with Gasteiger partial charge in [0.15, 0.2) is 6.23 Å². The fourth-order valence-corrected chi connectivity index (χ4v) is 2.36. The molecule has 1 N–H and O–H groups in total. The lowest BCUT2D eigenvalue weighted by atomic mass is 9.92. The van der Waals surface area contributed by atoms with Crippen molar-refractivity contribution in [1.29, 1.82) is 0 Å². The molecule has 2 aliphatic rings. The van der Waals surface area contributed by atoms with Crippen molar-refractivity contribution in [3.63, 3.8) is 0 Å². The van der Waals surface area contributed by atoms with E-state index in [0.717, 1.165) is 18.6 Å². The van der Waals surface area contributed by atoms with Crippen LogP contribution in [0.3, 0.4) is 0 Å². The maximum Gasteiger partial charge on any atom is 0.182 e. The highest BCUT2D eigenvalue weighted by Gasteiger charge is 2.40. The fourth-order valence-electron chi connectivity index (χ4n) is 2.36. The Kier molecular flexibility index (Phi) is 4.11. The Labute approximate surface area is 103 Å². The predicted molar refractivity (Wildman–Crippen MR) is 66.8 cm³/mol. The van der Waals surface area contributed by atoms with Crippen LogP contribution >= 0.6 is 0 Å². The van der Waals surface area contributed by atoms with E-state index < -0.39 is 0 Å². The Bertz CT molecular complexity index is 375. The van der Waals surface area contributed by atoms with Gasteiger partial charge in [0.25, 0.3) is 0 Å². The third-order valence-electron chi connectivity index (χ3n) is 3.16. The number of methoxy groups -OCH3 is 1. The van der Waals surface area contributed by atoms with E-state index in [9.17, 15) is 0 Å². The minimum Gasteiger partial charge on any atom is -0.474 e. The van der Waals surface area contributed by atoms with Gasteiger partial charge in [-0.15, -0.1) is 0 Å². The number of nitrogens with one attached hydrogen (secondary N) is 1. The van der Waals surface area contributed by atoms with Crippen molar-refractivity contribution in [1.82, 2.24) is 5.32 Å². The predicted octanol–water partition coefficient (Wildman–Crippen LogP) is 2.03. The molecule has 3 atom stereocenters. The molecule has 0 radical (unpaired) electrons. The second-order valence-corrected chi connectivity index (χ2v) is 4.31. The molecule has 0 saturated carbocycles. The zero-order valence-electron chi connectivity index (χ0n) is 10.4. The minimum absolute atomic E-state index is 0.0681. The molecular formula is C14H19NO2. The summed E-state index contributed by atoms with van der Waals surface area (Å²) in [5.74, 6) is 4.52. The maximum absolute atomic E-state index is 5.93. The smallest absolute Gasteiger partial charge is 0.182 e. The molecule has 1 aliphatic carbocycles. The molecule has 1 fully saturated rings. The van der Waals surface area contributed by atoms with Gasteiger partial charge in [0.1, 0.15) is 5.76 Å². The molecule has 3 nitrogen and oxygen atoms in total. The first-order chi connectivity index (χ1) is 8.36. The van der Waals surface area contributed by atoms with Gasteiger partial charge in [-0.2, -0.15) is 0 Å². The van der Waals surface area contributed by atoms with Crippen molar-refractivity contribution in [3.05, 3.63) is 24.0 Å². The van der Waals surface area contributed by atoms with Gasteiger partial charge in [0, 0.05) is 19.1 Å². The SMILES string of the molecule is CC#CNC1OC2=CCCC=CC2C1COC. The molecule has 1 heterocycles. The first kappa shape index (κ1) is 12.1. The van der Waals surface area contributed by atoms with E-state index in [2.05, 4.69) is 35.5 Å². The van der Waals surface area contributed by atoms with Crippen molar-refractivity contribution < 1.29 is 9.47 Å². The van der Waals surface area contributed by atoms with Gasteiger partial charge >= 0.3 is 0 Å². The summed E-state index contributed by atoms with van der Waals surface area (Å²) in [6.07, 6.45) is 8.73. The zero-order valence-corrected chi connectivity index (χ0v) is 10.4. The lowest BCUT2D eigenvalue weighted by Crippen LogP contribution is -2.34. The van der Waals surface area contributed by atoms with E-state index in [4.69, 9.17) is 9.47 Å². The van der Waals surface area contributed by atoms with E-state index in [-0.39, 0.29) is 6.23 Å². The van der Waals surface area contributed by atoms with Crippen molar-refractivity contribution in [2.75, 3.05) is 13.7 Å². The van der Waals surface area contributed by atoms with Crippen LogP contribution in [-0.4, -0.2) is 19.9 Å². The first-order valence-electron chi connectivity index (χ1n) is 6.06. The lowest BCUT2D eigenvalue weighted by molar-refractivity contribution is 0.0647. The molecular weight excluding hydrogens is 214 g/mol. The Morgan fingerprint density at radius 3 is 3.18 bits per heavy atom. The van der Waals surface area contributed by atoms with Crippen molar-refractivity contribution in [3.8, 4) is 12.0 Å². The average molecular weight is 233 g/mol. The number of hydrogen-bond donors (Lipinski definition) is 1. The van der Waals surface area contributed by atoms with Crippen LogP contribution in [0.4, 0.5) is 0 Å². The van der Waals surface area contributed by atoms with Crippen LogP contribution in [0.2, 0.25) is 0 Å². The molecule has 2 rings (SSSR count). The Morgan fingerprint density at radius 1 is 1.53 bits per heavy atom. The monoisotopic (exact) mass is 233 g/mol. The quantitative estimate of drug-likeness (QED) is 0.459. The molecule has 0 spiro atoms. The van der Waals surface area contributed by atoms with Gasteiger partial charge in [-0.25, -0.2) is 0 Å². The van der Waals surface area contributed by atoms with Crippen LogP contribution < -0.4 is 5.32 Å². The topological polar surface area (TPSA) is 30.5 Å². The van der Waals surface area contributed by atoms with E-state index >= 15 is 0 Å². The highest BCUT2D eigenvalue weighted by atomic mass is 16.5. The molecule has 0 aromatic heterocycles. The normalized spacial score (nSPS) is 30.5. The van der Waals surface area contributed by atoms with E-state index in [1.165, 1.54) is 0 Å². The summed E-state index contributed by atoms with van der Waals surface area (Å²) in [5.41, 5.74) is 0. The summed E-state index contributed by atoms with van der Waals surface area (Å²) in [6, 6.07) is 2.87. The van der Waals surface area contributed by atoms with Gasteiger partial charge in [0.05, 0.1) is 12.5 Å². The van der Waals surface area contributed by atoms with E-state index in [0.29, 0.717) is 18.4 Å². The first-order valence-corrected chi connectivity index (χ1v) is 6.06. The number of ether oxygens (including phenoxy) is 2. The van der Waals surface area contributed by atoms with Crippen LogP contribution in [0.25, 0.3) is 0 Å². The number of rotatable bonds is 3. The summed E-state index contributed by atoms with van der Waals surface area (Å²) in [4.78, 5) is 0. The fraction of sp³-hybridized carbons (Fsp3) is 0.571. The molecule has 1 aliphatic heterocycles. The molecule has 17 heavy (non-hydrogen) atoms. The van der Waals surface area contributed by atoms with Crippen LogP contribution in [-0.2, 0) is 9.47 Å². The molecule has 0 bridgehead atoms. The summed E-state index contributed by atoms with van der Waals surface area (Å²) in [7, 11) is 1.73. The van der Waals surface area contributed by atoms with E-state index in [1.807, 2.05) is 6.92 Å². The molecule has 3 heteroatoms. The van der Waals surface area contributed by atoms with Crippen molar-refractivity contribution in [2.24, 2.45) is 11.8 Å². The van der Waals surface area contributed by atoms with Crippen molar-refractivity contribution in [2.45, 2.75) is 26.0 Å². The minimum atomic E-state index is -0.0681. The van der Waals surface area contributed by atoms with E-state index in [1.54, 1.807) is 7.11 Å². The summed E-state index contributed by atoms with van der Waals surface area (Å²) in [6.45, 7) is 2.49. The molecule has 0 aromatic carbocycles. The Morgan fingerprint density at radius 2 is 2.41 bits per heavy atom. The second kappa shape index (κ2) is 5.79. The zero-order chi connectivity index (χ0) is 12.1. The van der Waals surface area contributed by atoms with Crippen LogP contribution in [0.15, 0.2) is 24.0 Å². The number of allylic oxidation sites excluding steroid dienone is 3. The molecule has 92 valence electrons. The molecule has 0 aromatic rings. The molecule has 1 saturated heterocycles. The molecule has 3 unspecified atom stereocenters. The average Bonchev–Trinajstić information content (AvgIpc) is 2.52. The van der Waals surface area contributed by atoms with Gasteiger partial charge in [-0.05, 0) is 25.8 Å². The highest BCUT2D eigenvalue weighted by molar-refractivity contribution is 5.18. The second-order valence-electron chi connectivity index (χ2n) is 4.31. The van der Waals surface area contributed by atoms with Gasteiger partial charge < -0.3 is 14.8 Å². The maximum atomic E-state index is 5.93. The number of fused-ring (bicyclic) bond motifs is 1. The van der Waals surface area contributed by atoms with Gasteiger partial charge in [-0.3, -0.25) is 0 Å². The van der Waals surface area contributed by atoms with Gasteiger partial charge in [0.2, 0.25) is 0 Å². The van der Waals surface area contributed by atoms with Crippen LogP contribution in [0.5, 0.6) is 0 Å².